The Hall–Kier alpha value is -2.82. The van der Waals surface area contributed by atoms with Gasteiger partial charge in [-0.1, -0.05) is 29.8 Å². The van der Waals surface area contributed by atoms with Crippen LogP contribution in [0.15, 0.2) is 42.5 Å². The highest BCUT2D eigenvalue weighted by Crippen LogP contribution is 2.13. The van der Waals surface area contributed by atoms with E-state index in [0.29, 0.717) is 24.4 Å². The van der Waals surface area contributed by atoms with Gasteiger partial charge >= 0.3 is 6.09 Å². The molecule has 0 saturated carbocycles. The number of amides is 2. The molecule has 2 rings (SSSR count). The van der Waals surface area contributed by atoms with E-state index in [1.165, 1.54) is 16.7 Å². The fourth-order valence-corrected chi connectivity index (χ4v) is 2.73. The van der Waals surface area contributed by atoms with Crippen LogP contribution in [0.1, 0.15) is 40.4 Å². The summed E-state index contributed by atoms with van der Waals surface area (Å²) in [4.78, 5) is 23.7. The van der Waals surface area contributed by atoms with E-state index in [1.807, 2.05) is 0 Å². The maximum absolute atomic E-state index is 12.3. The van der Waals surface area contributed by atoms with Gasteiger partial charge in [0.15, 0.2) is 0 Å². The molecule has 2 N–H and O–H groups in total. The zero-order chi connectivity index (χ0) is 18.9. The average molecular weight is 354 g/mol. The summed E-state index contributed by atoms with van der Waals surface area (Å²) in [5.74, 6) is -0.155. The summed E-state index contributed by atoms with van der Waals surface area (Å²) < 4.78 is 4.83. The van der Waals surface area contributed by atoms with Crippen LogP contribution in [-0.2, 0) is 11.2 Å². The van der Waals surface area contributed by atoms with Crippen molar-refractivity contribution >= 4 is 17.7 Å². The Morgan fingerprint density at radius 2 is 1.88 bits per heavy atom. The molecular weight excluding hydrogens is 328 g/mol. The van der Waals surface area contributed by atoms with E-state index in [4.69, 9.17) is 4.74 Å². The van der Waals surface area contributed by atoms with Gasteiger partial charge in [-0.05, 0) is 62.9 Å². The van der Waals surface area contributed by atoms with Gasteiger partial charge in [0.1, 0.15) is 0 Å². The first-order chi connectivity index (χ1) is 12.5. The molecular formula is C21H26N2O3. The summed E-state index contributed by atoms with van der Waals surface area (Å²) in [6.07, 6.45) is 1.27. The summed E-state index contributed by atoms with van der Waals surface area (Å²) >= 11 is 0. The molecule has 0 aliphatic carbocycles. The Labute approximate surface area is 154 Å². The number of carbonyl (C=O) groups is 2. The van der Waals surface area contributed by atoms with Gasteiger partial charge in [-0.3, -0.25) is 10.1 Å². The lowest BCUT2D eigenvalue weighted by molar-refractivity contribution is 0.0953. The molecule has 0 fully saturated rings. The van der Waals surface area contributed by atoms with E-state index in [-0.39, 0.29) is 5.91 Å². The lowest BCUT2D eigenvalue weighted by atomic mass is 10.0. The maximum Gasteiger partial charge on any atom is 0.411 e. The number of benzene rings is 2. The molecule has 0 heterocycles. The largest absolute Gasteiger partial charge is 0.450 e. The molecule has 0 atom stereocenters. The molecule has 2 aromatic carbocycles. The highest BCUT2D eigenvalue weighted by Gasteiger charge is 2.08. The highest BCUT2D eigenvalue weighted by atomic mass is 16.5. The molecule has 2 aromatic rings. The van der Waals surface area contributed by atoms with Crippen LogP contribution >= 0.6 is 0 Å². The summed E-state index contributed by atoms with van der Waals surface area (Å²) in [7, 11) is 0. The van der Waals surface area contributed by atoms with Crippen molar-refractivity contribution in [1.82, 2.24) is 5.32 Å². The second-order valence-electron chi connectivity index (χ2n) is 6.22. The second-order valence-corrected chi connectivity index (χ2v) is 6.22. The molecule has 0 spiro atoms. The summed E-state index contributed by atoms with van der Waals surface area (Å²) in [5.41, 5.74) is 4.90. The molecule has 26 heavy (non-hydrogen) atoms. The number of aryl methyl sites for hydroxylation is 3. The smallest absolute Gasteiger partial charge is 0.411 e. The molecule has 2 amide bonds. The molecule has 0 aliphatic rings. The number of anilines is 1. The normalized spacial score (nSPS) is 10.3. The first kappa shape index (κ1) is 19.5. The van der Waals surface area contributed by atoms with Crippen LogP contribution in [-0.4, -0.2) is 25.2 Å². The molecule has 0 bridgehead atoms. The Kier molecular flexibility index (Phi) is 7.21. The Balaban J connectivity index is 1.83. The van der Waals surface area contributed by atoms with Crippen molar-refractivity contribution in [3.63, 3.8) is 0 Å². The molecule has 5 nitrogen and oxygen atoms in total. The molecule has 0 unspecified atom stereocenters. The van der Waals surface area contributed by atoms with Crippen LogP contribution < -0.4 is 10.6 Å². The fourth-order valence-electron chi connectivity index (χ4n) is 2.73. The highest BCUT2D eigenvalue weighted by molar-refractivity contribution is 5.96. The minimum atomic E-state index is -0.529. The van der Waals surface area contributed by atoms with Crippen LogP contribution in [0.3, 0.4) is 0 Å². The quantitative estimate of drug-likeness (QED) is 0.731. The predicted molar refractivity (Wildman–Crippen MR) is 104 cm³/mol. The number of hydrogen-bond donors (Lipinski definition) is 2. The number of nitrogens with one attached hydrogen (secondary N) is 2. The predicted octanol–water partition coefficient (Wildman–Crippen LogP) is 4.23. The third kappa shape index (κ3) is 5.92. The van der Waals surface area contributed by atoms with E-state index in [9.17, 15) is 9.59 Å². The summed E-state index contributed by atoms with van der Waals surface area (Å²) in [6.45, 7) is 6.83. The summed E-state index contributed by atoms with van der Waals surface area (Å²) in [5, 5.41) is 5.52. The minimum absolute atomic E-state index is 0.155. The number of hydrogen-bond acceptors (Lipinski definition) is 3. The van der Waals surface area contributed by atoms with Crippen molar-refractivity contribution < 1.29 is 14.3 Å². The third-order valence-corrected chi connectivity index (χ3v) is 4.05. The molecule has 0 aromatic heterocycles. The van der Waals surface area contributed by atoms with Crippen molar-refractivity contribution in [3.8, 4) is 0 Å². The molecule has 0 radical (unpaired) electrons. The van der Waals surface area contributed by atoms with Gasteiger partial charge in [-0.25, -0.2) is 4.79 Å². The van der Waals surface area contributed by atoms with Crippen LogP contribution in [0.25, 0.3) is 0 Å². The monoisotopic (exact) mass is 354 g/mol. The van der Waals surface area contributed by atoms with Gasteiger partial charge in [0.2, 0.25) is 0 Å². The minimum Gasteiger partial charge on any atom is -0.450 e. The van der Waals surface area contributed by atoms with E-state index >= 15 is 0 Å². The first-order valence-corrected chi connectivity index (χ1v) is 8.87. The van der Waals surface area contributed by atoms with E-state index in [0.717, 1.165) is 12.8 Å². The Bertz CT molecular complexity index is 772. The molecule has 5 heteroatoms. The number of rotatable bonds is 7. The van der Waals surface area contributed by atoms with E-state index in [2.05, 4.69) is 42.7 Å². The molecule has 0 aliphatic heterocycles. The van der Waals surface area contributed by atoms with E-state index < -0.39 is 6.09 Å². The maximum atomic E-state index is 12.3. The van der Waals surface area contributed by atoms with E-state index in [1.54, 1.807) is 31.2 Å². The van der Waals surface area contributed by atoms with Gasteiger partial charge in [-0.2, -0.15) is 0 Å². The molecule has 138 valence electrons. The number of ether oxygens (including phenoxy) is 1. The number of carbonyl (C=O) groups excluding carboxylic acids is 2. The Morgan fingerprint density at radius 3 is 2.62 bits per heavy atom. The zero-order valence-corrected chi connectivity index (χ0v) is 15.6. The van der Waals surface area contributed by atoms with Crippen molar-refractivity contribution in [1.29, 1.82) is 0 Å². The van der Waals surface area contributed by atoms with Gasteiger partial charge in [0.25, 0.3) is 5.91 Å². The average Bonchev–Trinajstić information content (AvgIpc) is 2.60. The van der Waals surface area contributed by atoms with Crippen LogP contribution in [0.2, 0.25) is 0 Å². The lowest BCUT2D eigenvalue weighted by Crippen LogP contribution is -2.25. The van der Waals surface area contributed by atoms with Crippen molar-refractivity contribution in [3.05, 3.63) is 64.7 Å². The summed E-state index contributed by atoms with van der Waals surface area (Å²) in [6, 6.07) is 13.2. The van der Waals surface area contributed by atoms with Gasteiger partial charge < -0.3 is 10.1 Å². The van der Waals surface area contributed by atoms with Gasteiger partial charge in [0.05, 0.1) is 6.61 Å². The first-order valence-electron chi connectivity index (χ1n) is 8.87. The van der Waals surface area contributed by atoms with Crippen molar-refractivity contribution in [2.24, 2.45) is 0 Å². The van der Waals surface area contributed by atoms with Gasteiger partial charge in [-0.15, -0.1) is 0 Å². The Morgan fingerprint density at radius 1 is 1.08 bits per heavy atom. The van der Waals surface area contributed by atoms with Crippen LogP contribution in [0.4, 0.5) is 10.5 Å². The SMILES string of the molecule is CCOC(=O)Nc1cccc(C(=O)NCCCc2ccc(C)cc2C)c1. The lowest BCUT2D eigenvalue weighted by Gasteiger charge is -2.09. The van der Waals surface area contributed by atoms with Crippen LogP contribution in [0, 0.1) is 13.8 Å². The van der Waals surface area contributed by atoms with Crippen LogP contribution in [0.5, 0.6) is 0 Å². The zero-order valence-electron chi connectivity index (χ0n) is 15.6. The van der Waals surface area contributed by atoms with Crippen molar-refractivity contribution in [2.45, 2.75) is 33.6 Å². The topological polar surface area (TPSA) is 67.4 Å². The van der Waals surface area contributed by atoms with Gasteiger partial charge in [0, 0.05) is 17.8 Å². The third-order valence-electron chi connectivity index (χ3n) is 4.05. The second kappa shape index (κ2) is 9.61. The van der Waals surface area contributed by atoms with Crippen molar-refractivity contribution in [2.75, 3.05) is 18.5 Å². The standard InChI is InChI=1S/C21H26N2O3/c1-4-26-21(25)23-19-9-5-7-18(14-19)20(24)22-12-6-8-17-11-10-15(2)13-16(17)3/h5,7,9-11,13-14H,4,6,8,12H2,1-3H3,(H,22,24)(H,23,25). The fraction of sp³-hybridized carbons (Fsp3) is 0.333. The molecule has 0 saturated heterocycles.